The Morgan fingerprint density at radius 1 is 1.33 bits per heavy atom. The number of thioether (sulfide) groups is 1. The molecule has 1 amide bonds. The van der Waals surface area contributed by atoms with E-state index in [1.54, 1.807) is 6.33 Å². The molecule has 1 saturated heterocycles. The standard InChI is InChI=1S/C22H32ClN5OS/c1-15(2)20(27-9-7-16(3)8-10-27)12-24-21(29)13-30-22-26-25-14-28(22)18-6-5-17(4)19(23)11-18/h5-6,11,14-16,20H,7-10,12-13H2,1-4H3,(H,24,29)/t20-/m1/s1. The second-order valence-corrected chi connectivity index (χ2v) is 9.89. The van der Waals surface area contributed by atoms with Crippen LogP contribution in [0, 0.1) is 18.8 Å². The number of likely N-dealkylation sites (tertiary alicyclic amines) is 1. The minimum absolute atomic E-state index is 0.0208. The van der Waals surface area contributed by atoms with E-state index in [4.69, 9.17) is 11.6 Å². The van der Waals surface area contributed by atoms with E-state index in [2.05, 4.69) is 41.2 Å². The van der Waals surface area contributed by atoms with E-state index in [9.17, 15) is 4.79 Å². The molecule has 0 aliphatic carbocycles. The lowest BCUT2D eigenvalue weighted by Crippen LogP contribution is -2.49. The maximum atomic E-state index is 12.5. The predicted molar refractivity (Wildman–Crippen MR) is 123 cm³/mol. The first-order chi connectivity index (χ1) is 14.3. The van der Waals surface area contributed by atoms with E-state index < -0.39 is 0 Å². The van der Waals surface area contributed by atoms with Crippen molar-refractivity contribution in [2.45, 2.75) is 51.7 Å². The molecule has 6 nitrogen and oxygen atoms in total. The van der Waals surface area contributed by atoms with Crippen LogP contribution >= 0.6 is 23.4 Å². The van der Waals surface area contributed by atoms with Gasteiger partial charge < -0.3 is 5.32 Å². The molecule has 0 radical (unpaired) electrons. The molecule has 0 bridgehead atoms. The highest BCUT2D eigenvalue weighted by atomic mass is 35.5. The average molecular weight is 450 g/mol. The monoisotopic (exact) mass is 449 g/mol. The lowest BCUT2D eigenvalue weighted by atomic mass is 9.94. The average Bonchev–Trinajstić information content (AvgIpc) is 3.18. The molecule has 1 fully saturated rings. The van der Waals surface area contributed by atoms with Crippen molar-refractivity contribution in [2.24, 2.45) is 11.8 Å². The fourth-order valence-corrected chi connectivity index (χ4v) is 4.71. The van der Waals surface area contributed by atoms with E-state index in [1.807, 2.05) is 29.7 Å². The maximum absolute atomic E-state index is 12.5. The van der Waals surface area contributed by atoms with E-state index >= 15 is 0 Å². The van der Waals surface area contributed by atoms with Crippen molar-refractivity contribution in [1.82, 2.24) is 25.0 Å². The van der Waals surface area contributed by atoms with Crippen molar-refractivity contribution in [3.05, 3.63) is 35.1 Å². The van der Waals surface area contributed by atoms with Crippen molar-refractivity contribution in [2.75, 3.05) is 25.4 Å². The highest BCUT2D eigenvalue weighted by Crippen LogP contribution is 2.24. The molecular weight excluding hydrogens is 418 g/mol. The van der Waals surface area contributed by atoms with E-state index in [1.165, 1.54) is 24.6 Å². The molecule has 2 aromatic rings. The van der Waals surface area contributed by atoms with Gasteiger partial charge in [0.15, 0.2) is 5.16 Å². The Kier molecular flexibility index (Phi) is 8.20. The van der Waals surface area contributed by atoms with Crippen LogP contribution in [-0.2, 0) is 4.79 Å². The van der Waals surface area contributed by atoms with Crippen molar-refractivity contribution >= 4 is 29.3 Å². The fraction of sp³-hybridized carbons (Fsp3) is 0.591. The minimum Gasteiger partial charge on any atom is -0.354 e. The van der Waals surface area contributed by atoms with Gasteiger partial charge in [0.2, 0.25) is 5.91 Å². The summed E-state index contributed by atoms with van der Waals surface area (Å²) < 4.78 is 1.86. The third kappa shape index (κ3) is 5.99. The molecule has 0 saturated carbocycles. The topological polar surface area (TPSA) is 63.1 Å². The third-order valence-corrected chi connectivity index (χ3v) is 7.20. The number of aryl methyl sites for hydroxylation is 1. The highest BCUT2D eigenvalue weighted by Gasteiger charge is 2.26. The van der Waals surface area contributed by atoms with Gasteiger partial charge in [-0.1, -0.05) is 50.2 Å². The zero-order chi connectivity index (χ0) is 21.7. The number of hydrogen-bond donors (Lipinski definition) is 1. The molecule has 0 spiro atoms. The number of piperidine rings is 1. The van der Waals surface area contributed by atoms with Gasteiger partial charge in [-0.15, -0.1) is 10.2 Å². The van der Waals surface area contributed by atoms with Gasteiger partial charge in [0.1, 0.15) is 6.33 Å². The van der Waals surface area contributed by atoms with Crippen LogP contribution in [0.15, 0.2) is 29.7 Å². The summed E-state index contributed by atoms with van der Waals surface area (Å²) in [6.07, 6.45) is 4.13. The first-order valence-electron chi connectivity index (χ1n) is 10.6. The van der Waals surface area contributed by atoms with E-state index in [0.717, 1.165) is 30.3 Å². The summed E-state index contributed by atoms with van der Waals surface area (Å²) in [6.45, 7) is 11.7. The number of hydrogen-bond acceptors (Lipinski definition) is 5. The van der Waals surface area contributed by atoms with Gasteiger partial charge >= 0.3 is 0 Å². The molecule has 8 heteroatoms. The number of halogens is 1. The van der Waals surface area contributed by atoms with Gasteiger partial charge in [-0.25, -0.2) is 0 Å². The molecule has 30 heavy (non-hydrogen) atoms. The number of amides is 1. The SMILES string of the molecule is Cc1ccc(-n2cnnc2SCC(=O)NC[C@H](C(C)C)N2CCC(C)CC2)cc1Cl. The molecule has 1 N–H and O–H groups in total. The summed E-state index contributed by atoms with van der Waals surface area (Å²) in [5, 5.41) is 12.7. The van der Waals surface area contributed by atoms with Crippen LogP contribution in [0.3, 0.4) is 0 Å². The van der Waals surface area contributed by atoms with Crippen molar-refractivity contribution < 1.29 is 4.79 Å². The smallest absolute Gasteiger partial charge is 0.230 e. The minimum atomic E-state index is 0.0208. The quantitative estimate of drug-likeness (QED) is 0.612. The molecule has 1 atom stereocenters. The highest BCUT2D eigenvalue weighted by molar-refractivity contribution is 7.99. The summed E-state index contributed by atoms with van der Waals surface area (Å²) in [5.41, 5.74) is 1.91. The molecule has 1 aliphatic rings. The molecule has 1 aliphatic heterocycles. The van der Waals surface area contributed by atoms with Gasteiger partial charge in [-0.05, 0) is 62.4 Å². The molecule has 164 valence electrons. The zero-order valence-corrected chi connectivity index (χ0v) is 19.8. The van der Waals surface area contributed by atoms with Crippen LogP contribution in [0.5, 0.6) is 0 Å². The molecule has 0 unspecified atom stereocenters. The second-order valence-electron chi connectivity index (χ2n) is 8.54. The van der Waals surface area contributed by atoms with Gasteiger partial charge in [0.05, 0.1) is 11.4 Å². The normalized spacial score (nSPS) is 16.7. The van der Waals surface area contributed by atoms with Crippen LogP contribution in [0.2, 0.25) is 5.02 Å². The molecule has 1 aromatic carbocycles. The number of carbonyl (C=O) groups is 1. The Bertz CT molecular complexity index is 848. The summed E-state index contributed by atoms with van der Waals surface area (Å²) in [5.74, 6) is 1.63. The number of benzene rings is 1. The largest absolute Gasteiger partial charge is 0.354 e. The Morgan fingerprint density at radius 3 is 2.73 bits per heavy atom. The number of nitrogens with one attached hydrogen (secondary N) is 1. The maximum Gasteiger partial charge on any atom is 0.230 e. The van der Waals surface area contributed by atoms with Crippen LogP contribution in [0.1, 0.15) is 39.2 Å². The number of carbonyl (C=O) groups excluding carboxylic acids is 1. The van der Waals surface area contributed by atoms with Gasteiger partial charge in [0.25, 0.3) is 0 Å². The van der Waals surface area contributed by atoms with Crippen molar-refractivity contribution in [3.8, 4) is 5.69 Å². The summed E-state index contributed by atoms with van der Waals surface area (Å²) in [6, 6.07) is 6.20. The molecule has 1 aromatic heterocycles. The Hall–Kier alpha value is -1.57. The lowest BCUT2D eigenvalue weighted by Gasteiger charge is -2.38. The Balaban J connectivity index is 1.53. The summed E-state index contributed by atoms with van der Waals surface area (Å²) in [7, 11) is 0. The molecular formula is C22H32ClN5OS. The van der Waals surface area contributed by atoms with Gasteiger partial charge in [-0.3, -0.25) is 14.3 Å². The first-order valence-corrected chi connectivity index (χ1v) is 12.0. The third-order valence-electron chi connectivity index (χ3n) is 5.85. The molecule has 2 heterocycles. The van der Waals surface area contributed by atoms with Crippen LogP contribution < -0.4 is 5.32 Å². The van der Waals surface area contributed by atoms with Crippen LogP contribution in [0.25, 0.3) is 5.69 Å². The summed E-state index contributed by atoms with van der Waals surface area (Å²) in [4.78, 5) is 15.1. The van der Waals surface area contributed by atoms with E-state index in [0.29, 0.717) is 34.4 Å². The zero-order valence-electron chi connectivity index (χ0n) is 18.3. The predicted octanol–water partition coefficient (Wildman–Crippen LogP) is 4.19. The van der Waals surface area contributed by atoms with Crippen molar-refractivity contribution in [3.63, 3.8) is 0 Å². The summed E-state index contributed by atoms with van der Waals surface area (Å²) >= 11 is 7.63. The van der Waals surface area contributed by atoms with Gasteiger partial charge in [-0.2, -0.15) is 0 Å². The molecule has 3 rings (SSSR count). The van der Waals surface area contributed by atoms with Crippen LogP contribution in [0.4, 0.5) is 0 Å². The first kappa shape index (κ1) is 23.1. The lowest BCUT2D eigenvalue weighted by molar-refractivity contribution is -0.118. The van der Waals surface area contributed by atoms with E-state index in [-0.39, 0.29) is 5.91 Å². The number of nitrogens with zero attached hydrogens (tertiary/aromatic N) is 4. The van der Waals surface area contributed by atoms with Gasteiger partial charge in [0, 0.05) is 17.6 Å². The number of rotatable bonds is 8. The second kappa shape index (κ2) is 10.6. The fourth-order valence-electron chi connectivity index (χ4n) is 3.78. The Labute approximate surface area is 188 Å². The Morgan fingerprint density at radius 2 is 2.07 bits per heavy atom. The van der Waals surface area contributed by atoms with Crippen molar-refractivity contribution in [1.29, 1.82) is 0 Å². The van der Waals surface area contributed by atoms with Crippen LogP contribution in [-0.4, -0.2) is 57.0 Å². The number of aromatic nitrogens is 3.